The average Bonchev–Trinajstić information content (AvgIpc) is 3.14. The molecule has 0 radical (unpaired) electrons. The van der Waals surface area contributed by atoms with Crippen molar-refractivity contribution in [3.05, 3.63) is 88.7 Å². The quantitative estimate of drug-likeness (QED) is 0.250. The molecule has 6 nitrogen and oxygen atoms in total. The number of pyridine rings is 1. The lowest BCUT2D eigenvalue weighted by Crippen LogP contribution is -2.26. The van der Waals surface area contributed by atoms with E-state index in [9.17, 15) is 22.8 Å². The molecule has 0 saturated heterocycles. The number of alkyl halides is 3. The van der Waals surface area contributed by atoms with E-state index in [1.54, 1.807) is 43.3 Å². The minimum atomic E-state index is -4.94. The Morgan fingerprint density at radius 1 is 1.09 bits per heavy atom. The van der Waals surface area contributed by atoms with Gasteiger partial charge < -0.3 is 14.6 Å². The van der Waals surface area contributed by atoms with Crippen LogP contribution in [-0.4, -0.2) is 27.8 Å². The lowest BCUT2D eigenvalue weighted by atomic mass is 10.0. The average molecular weight is 502 g/mol. The summed E-state index contributed by atoms with van der Waals surface area (Å²) in [6.45, 7) is 1.79. The van der Waals surface area contributed by atoms with E-state index in [4.69, 9.17) is 16.3 Å². The van der Waals surface area contributed by atoms with Gasteiger partial charge in [-0.2, -0.15) is 13.2 Å². The molecule has 0 aliphatic carbocycles. The zero-order valence-corrected chi connectivity index (χ0v) is 19.2. The fourth-order valence-electron chi connectivity index (χ4n) is 3.77. The Bertz CT molecular complexity index is 1380. The lowest BCUT2D eigenvalue weighted by molar-refractivity contribution is -0.143. The van der Waals surface area contributed by atoms with Crippen LogP contribution in [0.2, 0.25) is 5.02 Å². The van der Waals surface area contributed by atoms with Crippen molar-refractivity contribution in [2.45, 2.75) is 19.6 Å². The second-order valence-electron chi connectivity index (χ2n) is 7.54. The number of nitrogens with one attached hydrogen (secondary N) is 1. The standard InChI is InChI=1S/C25H19ClF3N3O3/c1-2-35-17-10-11-19-18(13-17)21(22(33)24(34)31-20-5-3-4-12-30-20)23(25(27,28)29)32(19)14-15-6-8-16(26)9-7-15/h3-13H,2,14H2,1H3,(H,30,31,34). The number of aromatic nitrogens is 2. The van der Waals surface area contributed by atoms with Gasteiger partial charge in [0, 0.05) is 28.7 Å². The number of halogens is 4. The number of fused-ring (bicyclic) bond motifs is 1. The van der Waals surface area contributed by atoms with Gasteiger partial charge in [0.1, 0.15) is 17.3 Å². The molecule has 4 rings (SSSR count). The zero-order chi connectivity index (χ0) is 25.2. The van der Waals surface area contributed by atoms with Crippen LogP contribution in [-0.2, 0) is 17.5 Å². The number of nitrogens with zero attached hydrogens (tertiary/aromatic N) is 2. The van der Waals surface area contributed by atoms with Crippen molar-refractivity contribution in [2.24, 2.45) is 0 Å². The molecule has 1 N–H and O–H groups in total. The number of hydrogen-bond acceptors (Lipinski definition) is 4. The van der Waals surface area contributed by atoms with Crippen LogP contribution in [0.3, 0.4) is 0 Å². The summed E-state index contributed by atoms with van der Waals surface area (Å²) in [5.74, 6) is -2.26. The fourth-order valence-corrected chi connectivity index (χ4v) is 3.90. The Morgan fingerprint density at radius 3 is 2.46 bits per heavy atom. The summed E-state index contributed by atoms with van der Waals surface area (Å²) in [7, 11) is 0. The summed E-state index contributed by atoms with van der Waals surface area (Å²) in [5, 5.41) is 2.66. The van der Waals surface area contributed by atoms with Crippen LogP contribution < -0.4 is 10.1 Å². The van der Waals surface area contributed by atoms with E-state index in [1.165, 1.54) is 30.5 Å². The normalized spacial score (nSPS) is 11.5. The predicted octanol–water partition coefficient (Wildman–Crippen LogP) is 5.98. The van der Waals surface area contributed by atoms with Gasteiger partial charge in [-0.3, -0.25) is 9.59 Å². The van der Waals surface area contributed by atoms with Crippen LogP contribution in [0.15, 0.2) is 66.9 Å². The first-order chi connectivity index (χ1) is 16.7. The van der Waals surface area contributed by atoms with Gasteiger partial charge in [-0.25, -0.2) is 4.98 Å². The number of benzene rings is 2. The van der Waals surface area contributed by atoms with E-state index in [-0.39, 0.29) is 35.6 Å². The number of rotatable bonds is 7. The molecule has 0 bridgehead atoms. The topological polar surface area (TPSA) is 73.2 Å². The second kappa shape index (κ2) is 9.79. The maximum Gasteiger partial charge on any atom is 0.432 e. The van der Waals surface area contributed by atoms with E-state index in [0.717, 1.165) is 4.57 Å². The molecule has 2 aromatic carbocycles. The van der Waals surface area contributed by atoms with Crippen LogP contribution in [0.1, 0.15) is 28.5 Å². The number of carbonyl (C=O) groups is 2. The Balaban J connectivity index is 1.91. The Labute approximate surface area is 203 Å². The maximum absolute atomic E-state index is 14.4. The molecule has 0 spiro atoms. The van der Waals surface area contributed by atoms with Gasteiger partial charge in [-0.15, -0.1) is 0 Å². The summed E-state index contributed by atoms with van der Waals surface area (Å²) >= 11 is 5.91. The summed E-state index contributed by atoms with van der Waals surface area (Å²) in [6, 6.07) is 15.2. The van der Waals surface area contributed by atoms with Crippen molar-refractivity contribution in [1.82, 2.24) is 9.55 Å². The van der Waals surface area contributed by atoms with E-state index >= 15 is 0 Å². The highest BCUT2D eigenvalue weighted by molar-refractivity contribution is 6.48. The molecule has 35 heavy (non-hydrogen) atoms. The van der Waals surface area contributed by atoms with Gasteiger partial charge >= 0.3 is 6.18 Å². The third-order valence-electron chi connectivity index (χ3n) is 5.21. The van der Waals surface area contributed by atoms with E-state index < -0.39 is 29.1 Å². The Kier molecular flexibility index (Phi) is 6.79. The molecule has 10 heteroatoms. The van der Waals surface area contributed by atoms with Crippen LogP contribution in [0.5, 0.6) is 5.75 Å². The predicted molar refractivity (Wildman–Crippen MR) is 126 cm³/mol. The number of Topliss-reactive ketones (excluding diaryl/α,β-unsaturated/α-hetero) is 1. The lowest BCUT2D eigenvalue weighted by Gasteiger charge is -2.15. The minimum absolute atomic E-state index is 0.0410. The monoisotopic (exact) mass is 501 g/mol. The molecule has 2 heterocycles. The summed E-state index contributed by atoms with van der Waals surface area (Å²) in [5.41, 5.74) is -1.32. The highest BCUT2D eigenvalue weighted by Gasteiger charge is 2.42. The van der Waals surface area contributed by atoms with Crippen molar-refractivity contribution >= 4 is 40.0 Å². The molecule has 2 aromatic heterocycles. The fraction of sp³-hybridized carbons (Fsp3) is 0.160. The smallest absolute Gasteiger partial charge is 0.432 e. The Morgan fingerprint density at radius 2 is 1.83 bits per heavy atom. The van der Waals surface area contributed by atoms with Gasteiger partial charge in [0.05, 0.1) is 12.2 Å². The number of ether oxygens (including phenoxy) is 1. The highest BCUT2D eigenvalue weighted by atomic mass is 35.5. The molecule has 0 aliphatic heterocycles. The first kappa shape index (κ1) is 24.3. The van der Waals surface area contributed by atoms with Crippen molar-refractivity contribution in [2.75, 3.05) is 11.9 Å². The zero-order valence-electron chi connectivity index (χ0n) is 18.4. The van der Waals surface area contributed by atoms with Gasteiger partial charge in [0.15, 0.2) is 0 Å². The molecule has 0 saturated carbocycles. The first-order valence-electron chi connectivity index (χ1n) is 10.6. The van der Waals surface area contributed by atoms with Crippen molar-refractivity contribution < 1.29 is 27.5 Å². The summed E-state index contributed by atoms with van der Waals surface area (Å²) in [6.07, 6.45) is -3.55. The minimum Gasteiger partial charge on any atom is -0.494 e. The highest BCUT2D eigenvalue weighted by Crippen LogP contribution is 2.40. The van der Waals surface area contributed by atoms with Crippen LogP contribution in [0, 0.1) is 0 Å². The number of amides is 1. The molecular formula is C25H19ClF3N3O3. The number of carbonyl (C=O) groups excluding carboxylic acids is 2. The van der Waals surface area contributed by atoms with E-state index in [0.29, 0.717) is 10.6 Å². The first-order valence-corrected chi connectivity index (χ1v) is 10.9. The maximum atomic E-state index is 14.4. The van der Waals surface area contributed by atoms with Crippen molar-refractivity contribution in [1.29, 1.82) is 0 Å². The van der Waals surface area contributed by atoms with Crippen LogP contribution in [0.4, 0.5) is 19.0 Å². The Hall–Kier alpha value is -3.85. The number of anilines is 1. The van der Waals surface area contributed by atoms with Gasteiger partial charge in [-0.1, -0.05) is 29.8 Å². The molecule has 0 atom stereocenters. The van der Waals surface area contributed by atoms with Gasteiger partial charge in [-0.05, 0) is 55.0 Å². The van der Waals surface area contributed by atoms with E-state index in [1.807, 2.05) is 0 Å². The molecule has 4 aromatic rings. The SMILES string of the molecule is CCOc1ccc2c(c1)c(C(=O)C(=O)Nc1ccccn1)c(C(F)(F)F)n2Cc1ccc(Cl)cc1. The third kappa shape index (κ3) is 5.14. The molecule has 0 aliphatic rings. The van der Waals surface area contributed by atoms with Gasteiger partial charge in [0.25, 0.3) is 11.7 Å². The van der Waals surface area contributed by atoms with Crippen molar-refractivity contribution in [3.8, 4) is 5.75 Å². The summed E-state index contributed by atoms with van der Waals surface area (Å²) in [4.78, 5) is 29.8. The number of ketones is 1. The summed E-state index contributed by atoms with van der Waals surface area (Å²) < 4.78 is 49.8. The molecule has 180 valence electrons. The largest absolute Gasteiger partial charge is 0.494 e. The van der Waals surface area contributed by atoms with Crippen LogP contribution in [0.25, 0.3) is 10.9 Å². The molecule has 0 unspecified atom stereocenters. The second-order valence-corrected chi connectivity index (χ2v) is 7.98. The van der Waals surface area contributed by atoms with E-state index in [2.05, 4.69) is 10.3 Å². The van der Waals surface area contributed by atoms with Crippen LogP contribution >= 0.6 is 11.6 Å². The molecular weight excluding hydrogens is 483 g/mol. The molecule has 1 amide bonds. The van der Waals surface area contributed by atoms with Crippen molar-refractivity contribution in [3.63, 3.8) is 0 Å². The third-order valence-corrected chi connectivity index (χ3v) is 5.46. The molecule has 0 fully saturated rings. The van der Waals surface area contributed by atoms with Gasteiger partial charge in [0.2, 0.25) is 0 Å². The number of hydrogen-bond donors (Lipinski definition) is 1.